The van der Waals surface area contributed by atoms with E-state index in [1.165, 1.54) is 87.1 Å². The maximum absolute atomic E-state index is 11.7. The summed E-state index contributed by atoms with van der Waals surface area (Å²) >= 11 is 2.09. The van der Waals surface area contributed by atoms with Crippen molar-refractivity contribution in [1.29, 1.82) is 0 Å². The van der Waals surface area contributed by atoms with Gasteiger partial charge < -0.3 is 20.6 Å². The molecule has 5 aliphatic carbocycles. The van der Waals surface area contributed by atoms with Crippen molar-refractivity contribution < 1.29 is 14.7 Å². The molecule has 0 spiro atoms. The minimum Gasteiger partial charge on any atom is -0.478 e. The number of fused-ring (bicyclic) bond motifs is 7. The van der Waals surface area contributed by atoms with Crippen molar-refractivity contribution in [2.45, 2.75) is 104 Å². The van der Waals surface area contributed by atoms with Gasteiger partial charge in [0, 0.05) is 49.3 Å². The van der Waals surface area contributed by atoms with E-state index >= 15 is 0 Å². The van der Waals surface area contributed by atoms with E-state index in [1.54, 1.807) is 12.1 Å². The Labute approximate surface area is 294 Å². The molecule has 1 aliphatic heterocycles. The number of benzene rings is 1. The third-order valence-corrected chi connectivity index (χ3v) is 16.6. The fraction of sp³-hybridized carbons (Fsp3) is 0.756. The van der Waals surface area contributed by atoms with E-state index < -0.39 is 5.97 Å². The van der Waals surface area contributed by atoms with Crippen molar-refractivity contribution in [2.75, 3.05) is 37.7 Å². The second kappa shape index (κ2) is 13.1. The molecule has 1 heterocycles. The Balaban J connectivity index is 1.15. The van der Waals surface area contributed by atoms with E-state index in [4.69, 9.17) is 0 Å². The highest BCUT2D eigenvalue weighted by Crippen LogP contribution is 2.73. The molecular formula is C41H61N3O3S. The van der Waals surface area contributed by atoms with Crippen molar-refractivity contribution in [3.8, 4) is 0 Å². The van der Waals surface area contributed by atoms with Gasteiger partial charge in [-0.3, -0.25) is 4.79 Å². The number of rotatable bonds is 9. The molecule has 6 aliphatic rings. The van der Waals surface area contributed by atoms with E-state index in [0.717, 1.165) is 37.8 Å². The molecule has 5 fully saturated rings. The number of carbonyl (C=O) groups excluding carboxylic acids is 1. The quantitative estimate of drug-likeness (QED) is 0.234. The van der Waals surface area contributed by atoms with Crippen LogP contribution in [0.4, 0.5) is 0 Å². The zero-order valence-corrected chi connectivity index (χ0v) is 31.0. The molecule has 0 bridgehead atoms. The van der Waals surface area contributed by atoms with Crippen LogP contribution >= 0.6 is 11.8 Å². The topological polar surface area (TPSA) is 81.7 Å². The molecule has 7 heteroatoms. The van der Waals surface area contributed by atoms with Gasteiger partial charge in [-0.2, -0.15) is 11.8 Å². The average molecular weight is 676 g/mol. The molecular weight excluding hydrogens is 615 g/mol. The second-order valence-electron chi connectivity index (χ2n) is 17.8. The number of nitrogens with one attached hydrogen (secondary N) is 2. The Bertz CT molecular complexity index is 1390. The third kappa shape index (κ3) is 5.61. The predicted molar refractivity (Wildman–Crippen MR) is 197 cm³/mol. The molecule has 1 aromatic rings. The molecule has 10 atom stereocenters. The molecule has 4 saturated carbocycles. The molecule has 6 nitrogen and oxygen atoms in total. The molecule has 7 rings (SSSR count). The van der Waals surface area contributed by atoms with Crippen molar-refractivity contribution in [3.05, 3.63) is 41.5 Å². The zero-order chi connectivity index (χ0) is 33.9. The summed E-state index contributed by atoms with van der Waals surface area (Å²) in [5.41, 5.74) is 3.78. The van der Waals surface area contributed by atoms with Crippen LogP contribution in [0, 0.1) is 51.8 Å². The number of amides is 1. The van der Waals surface area contributed by atoms with Crippen LogP contribution in [-0.2, 0) is 4.79 Å². The highest BCUT2D eigenvalue weighted by molar-refractivity contribution is 7.99. The molecule has 48 heavy (non-hydrogen) atoms. The lowest BCUT2D eigenvalue weighted by molar-refractivity contribution is -0.176. The SMILES string of the molecule is CC(NC=O)[C@@H]1CCC2(NCCN3CCSCC3)CCC3C(CC[C@H]4C3(C)CCC3C(C)(C)C(c5ccc(C(=O)O)cc5)=CCC34C)[C@@H]12. The van der Waals surface area contributed by atoms with Crippen molar-refractivity contribution >= 4 is 29.7 Å². The monoisotopic (exact) mass is 675 g/mol. The number of aromatic carboxylic acids is 1. The Morgan fingerprint density at radius 3 is 2.42 bits per heavy atom. The fourth-order valence-corrected chi connectivity index (χ4v) is 14.6. The van der Waals surface area contributed by atoms with Gasteiger partial charge in [0.2, 0.25) is 6.41 Å². The molecule has 7 unspecified atom stereocenters. The Kier molecular flexibility index (Phi) is 9.41. The Morgan fingerprint density at radius 2 is 1.71 bits per heavy atom. The van der Waals surface area contributed by atoms with Gasteiger partial charge in [0.15, 0.2) is 0 Å². The summed E-state index contributed by atoms with van der Waals surface area (Å²) in [5, 5.41) is 17.0. The summed E-state index contributed by atoms with van der Waals surface area (Å²) in [5.74, 6) is 5.62. The zero-order valence-electron chi connectivity index (χ0n) is 30.2. The van der Waals surface area contributed by atoms with Gasteiger partial charge in [-0.1, -0.05) is 45.9 Å². The molecule has 264 valence electrons. The number of thioether (sulfide) groups is 1. The summed E-state index contributed by atoms with van der Waals surface area (Å²) in [4.78, 5) is 25.9. The normalized spacial score (nSPS) is 41.1. The summed E-state index contributed by atoms with van der Waals surface area (Å²) in [6.07, 6.45) is 14.9. The minimum absolute atomic E-state index is 0.0289. The molecule has 1 saturated heterocycles. The van der Waals surface area contributed by atoms with E-state index in [0.29, 0.717) is 34.7 Å². The highest BCUT2D eigenvalue weighted by Gasteiger charge is 2.66. The van der Waals surface area contributed by atoms with Crippen LogP contribution in [0.1, 0.15) is 108 Å². The van der Waals surface area contributed by atoms with Crippen molar-refractivity contribution in [2.24, 2.45) is 51.8 Å². The van der Waals surface area contributed by atoms with E-state index in [2.05, 4.69) is 68.0 Å². The lowest BCUT2D eigenvalue weighted by Gasteiger charge is -2.68. The number of hydrogen-bond donors (Lipinski definition) is 3. The molecule has 1 amide bonds. The molecule has 1 aromatic carbocycles. The largest absolute Gasteiger partial charge is 0.478 e. The smallest absolute Gasteiger partial charge is 0.335 e. The fourth-order valence-electron chi connectivity index (χ4n) is 13.6. The van der Waals surface area contributed by atoms with E-state index in [-0.39, 0.29) is 22.4 Å². The Morgan fingerprint density at radius 1 is 0.979 bits per heavy atom. The highest BCUT2D eigenvalue weighted by atomic mass is 32.2. The van der Waals surface area contributed by atoms with Gasteiger partial charge in [0.05, 0.1) is 5.56 Å². The van der Waals surface area contributed by atoms with Crippen LogP contribution in [0.25, 0.3) is 5.57 Å². The number of nitrogens with zero attached hydrogens (tertiary/aromatic N) is 1. The lowest BCUT2D eigenvalue weighted by Crippen LogP contribution is -2.65. The number of carboxylic acids is 1. The van der Waals surface area contributed by atoms with Gasteiger partial charge in [-0.15, -0.1) is 0 Å². The summed E-state index contributed by atoms with van der Waals surface area (Å²) in [7, 11) is 0. The van der Waals surface area contributed by atoms with Crippen molar-refractivity contribution in [1.82, 2.24) is 15.5 Å². The maximum Gasteiger partial charge on any atom is 0.335 e. The van der Waals surface area contributed by atoms with Gasteiger partial charge >= 0.3 is 5.97 Å². The van der Waals surface area contributed by atoms with Gasteiger partial charge in [-0.25, -0.2) is 4.79 Å². The lowest BCUT2D eigenvalue weighted by atomic mass is 9.36. The first-order chi connectivity index (χ1) is 22.9. The van der Waals surface area contributed by atoms with Gasteiger partial charge in [0.25, 0.3) is 0 Å². The van der Waals surface area contributed by atoms with Crippen LogP contribution < -0.4 is 10.6 Å². The summed E-state index contributed by atoms with van der Waals surface area (Å²) in [6.45, 7) is 17.2. The molecule has 0 aromatic heterocycles. The number of carbonyl (C=O) groups is 2. The summed E-state index contributed by atoms with van der Waals surface area (Å²) < 4.78 is 0. The van der Waals surface area contributed by atoms with Crippen LogP contribution in [-0.4, -0.2) is 71.7 Å². The number of allylic oxidation sites excluding steroid dienone is 2. The Hall–Kier alpha value is -1.83. The standard InChI is InChI=1S/C41H61N3O3S/c1-27(42-26-45)30-12-18-41(43-20-21-44-22-24-48-25-23-44)19-14-33-31(36(30)41)10-11-35-39(33,4)17-15-34-38(2,3)32(13-16-40(34,35)5)28-6-8-29(9-7-28)37(46)47/h6-9,13,26-27,30-31,33-36,43H,10-12,14-25H2,1-5H3,(H,42,45)(H,46,47)/t27?,30-,31?,33?,34?,35-,36+,39?,40?,41?/m0/s1. The van der Waals surface area contributed by atoms with Crippen LogP contribution in [0.5, 0.6) is 0 Å². The molecule has 0 radical (unpaired) electrons. The van der Waals surface area contributed by atoms with Gasteiger partial charge in [-0.05, 0) is 140 Å². The number of carboxylic acid groups (broad SMARTS) is 1. The summed E-state index contributed by atoms with van der Waals surface area (Å²) in [6, 6.07) is 7.83. The number of hydrogen-bond acceptors (Lipinski definition) is 5. The first-order valence-corrected chi connectivity index (χ1v) is 20.4. The van der Waals surface area contributed by atoms with Crippen LogP contribution in [0.15, 0.2) is 30.3 Å². The van der Waals surface area contributed by atoms with Crippen molar-refractivity contribution in [3.63, 3.8) is 0 Å². The van der Waals surface area contributed by atoms with Crippen LogP contribution in [0.3, 0.4) is 0 Å². The van der Waals surface area contributed by atoms with Crippen LogP contribution in [0.2, 0.25) is 0 Å². The first-order valence-electron chi connectivity index (χ1n) is 19.2. The second-order valence-corrected chi connectivity index (χ2v) is 19.0. The maximum atomic E-state index is 11.7. The predicted octanol–water partition coefficient (Wildman–Crippen LogP) is 7.59. The van der Waals surface area contributed by atoms with Gasteiger partial charge in [0.1, 0.15) is 0 Å². The first kappa shape index (κ1) is 34.6. The third-order valence-electron chi connectivity index (χ3n) is 15.6. The van der Waals surface area contributed by atoms with E-state index in [9.17, 15) is 14.7 Å². The van der Waals surface area contributed by atoms with E-state index in [1.807, 2.05) is 12.1 Å². The molecule has 3 N–H and O–H groups in total. The average Bonchev–Trinajstić information content (AvgIpc) is 3.45. The minimum atomic E-state index is -0.862.